The summed E-state index contributed by atoms with van der Waals surface area (Å²) in [7, 11) is -3.10. The Bertz CT molecular complexity index is 680. The Morgan fingerprint density at radius 1 is 1.27 bits per heavy atom. The molecule has 1 saturated heterocycles. The molecule has 120 valence electrons. The van der Waals surface area contributed by atoms with Gasteiger partial charge in [-0.2, -0.15) is 0 Å². The number of benzene rings is 1. The summed E-state index contributed by atoms with van der Waals surface area (Å²) in [4.78, 5) is 23.6. The van der Waals surface area contributed by atoms with Crippen molar-refractivity contribution < 1.29 is 22.7 Å². The Labute approximate surface area is 129 Å². The molecule has 1 aliphatic rings. The van der Waals surface area contributed by atoms with Gasteiger partial charge in [0.25, 0.3) is 5.91 Å². The Morgan fingerprint density at radius 3 is 2.45 bits per heavy atom. The van der Waals surface area contributed by atoms with Gasteiger partial charge in [-0.3, -0.25) is 4.79 Å². The number of ether oxygens (including phenoxy) is 1. The number of nitrogens with one attached hydrogen (secondary N) is 1. The highest BCUT2D eigenvalue weighted by atomic mass is 32.2. The van der Waals surface area contributed by atoms with E-state index in [-0.39, 0.29) is 11.5 Å². The van der Waals surface area contributed by atoms with Gasteiger partial charge >= 0.3 is 5.97 Å². The summed E-state index contributed by atoms with van der Waals surface area (Å²) in [5.74, 6) is -1.11. The molecule has 6 nitrogen and oxygen atoms in total. The third-order valence-electron chi connectivity index (χ3n) is 3.57. The molecule has 1 amide bonds. The quantitative estimate of drug-likeness (QED) is 0.829. The minimum absolute atomic E-state index is 0.0624. The number of carbonyl (C=O) groups is 2. The van der Waals surface area contributed by atoms with E-state index in [0.29, 0.717) is 12.0 Å². The molecular weight excluding hydrogens is 306 g/mol. The fourth-order valence-corrected chi connectivity index (χ4v) is 4.48. The normalized spacial score (nSPS) is 23.0. The van der Waals surface area contributed by atoms with Crippen molar-refractivity contribution in [1.29, 1.82) is 0 Å². The first-order valence-electron chi connectivity index (χ1n) is 6.94. The molecule has 1 aliphatic heterocycles. The predicted octanol–water partition coefficient (Wildman–Crippen LogP) is 0.845. The van der Waals surface area contributed by atoms with Gasteiger partial charge in [0.2, 0.25) is 0 Å². The van der Waals surface area contributed by atoms with Crippen molar-refractivity contribution in [1.82, 2.24) is 5.32 Å². The van der Waals surface area contributed by atoms with Crippen molar-refractivity contribution in [2.24, 2.45) is 0 Å². The van der Waals surface area contributed by atoms with Crippen LogP contribution in [0.25, 0.3) is 0 Å². The summed E-state index contributed by atoms with van der Waals surface area (Å²) >= 11 is 0. The Hall–Kier alpha value is -1.89. The zero-order valence-electron chi connectivity index (χ0n) is 12.6. The van der Waals surface area contributed by atoms with Crippen LogP contribution in [0.2, 0.25) is 0 Å². The maximum atomic E-state index is 11.8. The summed E-state index contributed by atoms with van der Waals surface area (Å²) in [6, 6.07) is 6.81. The molecule has 7 heteroatoms. The van der Waals surface area contributed by atoms with Crippen LogP contribution in [-0.4, -0.2) is 43.9 Å². The molecule has 1 heterocycles. The first-order chi connectivity index (χ1) is 10.2. The van der Waals surface area contributed by atoms with Gasteiger partial charge in [0.05, 0.1) is 22.6 Å². The Balaban J connectivity index is 1.85. The summed E-state index contributed by atoms with van der Waals surface area (Å²) in [5, 5.41) is 2.63. The molecule has 1 aromatic rings. The van der Waals surface area contributed by atoms with Gasteiger partial charge in [0, 0.05) is 0 Å². The predicted molar refractivity (Wildman–Crippen MR) is 81.3 cm³/mol. The van der Waals surface area contributed by atoms with Crippen LogP contribution in [0.5, 0.6) is 0 Å². The third-order valence-corrected chi connectivity index (χ3v) is 5.47. The maximum absolute atomic E-state index is 11.8. The molecule has 1 unspecified atom stereocenters. The molecule has 1 fully saturated rings. The van der Waals surface area contributed by atoms with E-state index in [1.54, 1.807) is 31.2 Å². The first kappa shape index (κ1) is 16.5. The SMILES string of the molecule is Cc1ccc(C(=O)OCC(=O)NC2(C)CCS(=O)(=O)C2)cc1. The number of aryl methyl sites for hydroxylation is 1. The summed E-state index contributed by atoms with van der Waals surface area (Å²) in [5.41, 5.74) is 0.601. The average Bonchev–Trinajstić information content (AvgIpc) is 2.70. The van der Waals surface area contributed by atoms with Gasteiger partial charge in [-0.1, -0.05) is 17.7 Å². The second-order valence-electron chi connectivity index (χ2n) is 5.89. The van der Waals surface area contributed by atoms with Gasteiger partial charge < -0.3 is 10.1 Å². The molecule has 0 aromatic heterocycles. The Kier molecular flexibility index (Phi) is 4.55. The molecule has 0 radical (unpaired) electrons. The largest absolute Gasteiger partial charge is 0.452 e. The average molecular weight is 325 g/mol. The highest BCUT2D eigenvalue weighted by molar-refractivity contribution is 7.91. The van der Waals surface area contributed by atoms with Crippen molar-refractivity contribution >= 4 is 21.7 Å². The molecular formula is C15H19NO5S. The van der Waals surface area contributed by atoms with Gasteiger partial charge in [0.1, 0.15) is 0 Å². The molecule has 2 rings (SSSR count). The lowest BCUT2D eigenvalue weighted by atomic mass is 10.0. The van der Waals surface area contributed by atoms with Gasteiger partial charge in [0.15, 0.2) is 16.4 Å². The summed E-state index contributed by atoms with van der Waals surface area (Å²) < 4.78 is 27.9. The minimum atomic E-state index is -3.10. The van der Waals surface area contributed by atoms with Crippen LogP contribution < -0.4 is 5.32 Å². The zero-order valence-corrected chi connectivity index (χ0v) is 13.4. The fraction of sp³-hybridized carbons (Fsp3) is 0.467. The number of esters is 1. The van der Waals surface area contributed by atoms with E-state index in [0.717, 1.165) is 5.56 Å². The second-order valence-corrected chi connectivity index (χ2v) is 8.08. The van der Waals surface area contributed by atoms with Crippen molar-refractivity contribution in [3.05, 3.63) is 35.4 Å². The van der Waals surface area contributed by atoms with Crippen LogP contribution in [0, 0.1) is 6.92 Å². The van der Waals surface area contributed by atoms with Gasteiger partial charge in [-0.15, -0.1) is 0 Å². The van der Waals surface area contributed by atoms with Crippen molar-refractivity contribution in [3.8, 4) is 0 Å². The first-order valence-corrected chi connectivity index (χ1v) is 8.77. The highest BCUT2D eigenvalue weighted by Crippen LogP contribution is 2.22. The minimum Gasteiger partial charge on any atom is -0.452 e. The summed E-state index contributed by atoms with van der Waals surface area (Å²) in [6.07, 6.45) is 0.368. The number of amides is 1. The van der Waals surface area contributed by atoms with E-state index in [9.17, 15) is 18.0 Å². The number of hydrogen-bond donors (Lipinski definition) is 1. The van der Waals surface area contributed by atoms with Crippen LogP contribution in [0.1, 0.15) is 29.3 Å². The van der Waals surface area contributed by atoms with Crippen LogP contribution in [0.3, 0.4) is 0 Å². The van der Waals surface area contributed by atoms with E-state index < -0.39 is 33.9 Å². The van der Waals surface area contributed by atoms with Gasteiger partial charge in [-0.05, 0) is 32.4 Å². The molecule has 0 bridgehead atoms. The van der Waals surface area contributed by atoms with Crippen molar-refractivity contribution in [2.45, 2.75) is 25.8 Å². The summed E-state index contributed by atoms with van der Waals surface area (Å²) in [6.45, 7) is 3.15. The molecule has 0 spiro atoms. The second kappa shape index (κ2) is 6.08. The zero-order chi connectivity index (χ0) is 16.4. The molecule has 1 N–H and O–H groups in total. The highest BCUT2D eigenvalue weighted by Gasteiger charge is 2.39. The molecule has 1 aromatic carbocycles. The number of sulfone groups is 1. The third kappa shape index (κ3) is 4.30. The molecule has 0 aliphatic carbocycles. The lowest BCUT2D eigenvalue weighted by Gasteiger charge is -2.23. The van der Waals surface area contributed by atoms with E-state index in [1.165, 1.54) is 0 Å². The molecule has 1 atom stereocenters. The van der Waals surface area contributed by atoms with E-state index in [1.807, 2.05) is 6.92 Å². The molecule has 0 saturated carbocycles. The lowest BCUT2D eigenvalue weighted by molar-refractivity contribution is -0.125. The smallest absolute Gasteiger partial charge is 0.338 e. The lowest BCUT2D eigenvalue weighted by Crippen LogP contribution is -2.48. The van der Waals surface area contributed by atoms with Crippen molar-refractivity contribution in [3.63, 3.8) is 0 Å². The van der Waals surface area contributed by atoms with E-state index in [2.05, 4.69) is 5.32 Å². The van der Waals surface area contributed by atoms with Crippen LogP contribution >= 0.6 is 0 Å². The van der Waals surface area contributed by atoms with Crippen molar-refractivity contribution in [2.75, 3.05) is 18.1 Å². The standard InChI is InChI=1S/C15H19NO5S/c1-11-3-5-12(6-4-11)14(18)21-9-13(17)16-15(2)7-8-22(19,20)10-15/h3-6H,7-10H2,1-2H3,(H,16,17). The van der Waals surface area contributed by atoms with Gasteiger partial charge in [-0.25, -0.2) is 13.2 Å². The monoisotopic (exact) mass is 325 g/mol. The fourth-order valence-electron chi connectivity index (χ4n) is 2.39. The number of hydrogen-bond acceptors (Lipinski definition) is 5. The maximum Gasteiger partial charge on any atom is 0.338 e. The van der Waals surface area contributed by atoms with E-state index in [4.69, 9.17) is 4.74 Å². The van der Waals surface area contributed by atoms with Crippen LogP contribution in [0.4, 0.5) is 0 Å². The van der Waals surface area contributed by atoms with Crippen LogP contribution in [-0.2, 0) is 19.4 Å². The van der Waals surface area contributed by atoms with Crippen LogP contribution in [0.15, 0.2) is 24.3 Å². The topological polar surface area (TPSA) is 89.5 Å². The number of rotatable bonds is 4. The Morgan fingerprint density at radius 2 is 1.91 bits per heavy atom. The molecule has 22 heavy (non-hydrogen) atoms. The number of carbonyl (C=O) groups excluding carboxylic acids is 2. The van der Waals surface area contributed by atoms with E-state index >= 15 is 0 Å².